The van der Waals surface area contributed by atoms with Gasteiger partial charge in [0.05, 0.1) is 57.8 Å². The van der Waals surface area contributed by atoms with Gasteiger partial charge in [0, 0.05) is 31.6 Å². The lowest BCUT2D eigenvalue weighted by atomic mass is 9.91. The van der Waals surface area contributed by atoms with Crippen LogP contribution in [0, 0.1) is 0 Å². The summed E-state index contributed by atoms with van der Waals surface area (Å²) >= 11 is 2.75. The smallest absolute Gasteiger partial charge is 0.269 e. The number of carbonyl (C=O) groups is 1. The van der Waals surface area contributed by atoms with Gasteiger partial charge in [0.15, 0.2) is 11.3 Å². The molecule has 39 heavy (non-hydrogen) atoms. The van der Waals surface area contributed by atoms with Gasteiger partial charge >= 0.3 is 0 Å². The molecule has 0 aromatic carbocycles. The van der Waals surface area contributed by atoms with E-state index >= 15 is 0 Å². The number of nitrogens with zero attached hydrogens (tertiary/aromatic N) is 3. The first-order valence-electron chi connectivity index (χ1n) is 13.0. The van der Waals surface area contributed by atoms with E-state index in [1.54, 1.807) is 18.5 Å². The Hall–Kier alpha value is -3.52. The fourth-order valence-corrected chi connectivity index (χ4v) is 6.95. The molecule has 2 atom stereocenters. The number of carbonyl (C=O) groups excluding carboxylic acids is 1. The summed E-state index contributed by atoms with van der Waals surface area (Å²) in [7, 11) is 0. The van der Waals surface area contributed by atoms with Crippen molar-refractivity contribution in [2.45, 2.75) is 37.8 Å². The molecule has 2 fully saturated rings. The molecule has 1 amide bonds. The minimum absolute atomic E-state index is 0.146. The van der Waals surface area contributed by atoms with Gasteiger partial charge in [0.25, 0.3) is 5.91 Å². The molecule has 1 aliphatic heterocycles. The lowest BCUT2D eigenvalue weighted by Gasteiger charge is -2.27. The molecule has 0 radical (unpaired) electrons. The predicted molar refractivity (Wildman–Crippen MR) is 153 cm³/mol. The Kier molecular flexibility index (Phi) is 7.21. The first-order chi connectivity index (χ1) is 19.0. The summed E-state index contributed by atoms with van der Waals surface area (Å²) in [5, 5.41) is 8.38. The normalized spacial score (nSPS) is 19.8. The van der Waals surface area contributed by atoms with Crippen molar-refractivity contribution in [3.05, 3.63) is 46.6 Å². The van der Waals surface area contributed by atoms with Crippen LogP contribution in [0.3, 0.4) is 0 Å². The lowest BCUT2D eigenvalue weighted by molar-refractivity contribution is -0.427. The van der Waals surface area contributed by atoms with Crippen molar-refractivity contribution < 1.29 is 19.7 Å². The van der Waals surface area contributed by atoms with Gasteiger partial charge in [-0.25, -0.2) is 4.98 Å². The molecule has 13 heteroatoms. The highest BCUT2D eigenvalue weighted by atomic mass is 32.1. The van der Waals surface area contributed by atoms with E-state index in [1.807, 2.05) is 12.1 Å². The van der Waals surface area contributed by atoms with Crippen molar-refractivity contribution in [3.63, 3.8) is 0 Å². The maximum Gasteiger partial charge on any atom is 0.269 e. The van der Waals surface area contributed by atoms with Gasteiger partial charge in [-0.15, -0.1) is 11.3 Å². The molecule has 4 aromatic rings. The van der Waals surface area contributed by atoms with Crippen LogP contribution in [0.15, 0.2) is 39.9 Å². The van der Waals surface area contributed by atoms with Gasteiger partial charge in [0.1, 0.15) is 17.3 Å². The third-order valence-electron chi connectivity index (χ3n) is 7.18. The molecule has 7 N–H and O–H groups in total. The number of ether oxygens (including phenoxy) is 1. The van der Waals surface area contributed by atoms with E-state index in [1.165, 1.54) is 29.3 Å². The standard InChI is InChI=1S/C26H29N7O4S2/c27-16-3-1-2-4-17(16)30-14-9-19(23(26(28)35)29-12-14)31-21-10-18(32-39-21)15-13-37-24-20(34)11-22(38-25(15)24)33-5-7-36-8-6-33/h9-13,16-17,30-31H,1-8,27H2,(H2,28,35)/p+1/t16-,17+/m1/s1. The van der Waals surface area contributed by atoms with Crippen molar-refractivity contribution in [3.8, 4) is 11.3 Å². The zero-order chi connectivity index (χ0) is 26.9. The molecular formula is C26H30N7O4S2+. The molecule has 204 valence electrons. The van der Waals surface area contributed by atoms with Crippen LogP contribution in [0.4, 0.5) is 21.4 Å². The number of morpholine rings is 1. The van der Waals surface area contributed by atoms with E-state index in [2.05, 4.69) is 30.6 Å². The number of primary amides is 1. The Morgan fingerprint density at radius 2 is 2.00 bits per heavy atom. The van der Waals surface area contributed by atoms with E-state index < -0.39 is 5.91 Å². The fourth-order valence-electron chi connectivity index (χ4n) is 5.09. The monoisotopic (exact) mass is 568 g/mol. The number of pyridine rings is 1. The number of anilines is 4. The number of nitrogens with one attached hydrogen (secondary N) is 2. The summed E-state index contributed by atoms with van der Waals surface area (Å²) in [6.07, 6.45) is 7.70. The van der Waals surface area contributed by atoms with E-state index in [0.717, 1.165) is 53.3 Å². The van der Waals surface area contributed by atoms with Gasteiger partial charge in [-0.05, 0) is 30.4 Å². The van der Waals surface area contributed by atoms with Crippen molar-refractivity contribution in [2.75, 3.05) is 41.8 Å². The summed E-state index contributed by atoms with van der Waals surface area (Å²) in [6, 6.07) is 5.92. The van der Waals surface area contributed by atoms with Crippen molar-refractivity contribution in [1.29, 1.82) is 0 Å². The molecule has 0 spiro atoms. The van der Waals surface area contributed by atoms with Gasteiger partial charge in [0.2, 0.25) is 5.43 Å². The number of nitrogens with two attached hydrogens (primary N) is 1. The Bertz CT molecular complexity index is 1560. The Morgan fingerprint density at radius 1 is 1.18 bits per heavy atom. The second-order valence-corrected chi connectivity index (χ2v) is 11.7. The Morgan fingerprint density at radius 3 is 2.79 bits per heavy atom. The van der Waals surface area contributed by atoms with Crippen LogP contribution >= 0.6 is 22.9 Å². The summed E-state index contributed by atoms with van der Waals surface area (Å²) < 4.78 is 16.5. The highest BCUT2D eigenvalue weighted by molar-refractivity contribution is 7.22. The third-order valence-corrected chi connectivity index (χ3v) is 9.08. The highest BCUT2D eigenvalue weighted by Gasteiger charge is 2.25. The molecule has 4 aromatic heterocycles. The molecule has 1 aliphatic carbocycles. The van der Waals surface area contributed by atoms with Crippen LogP contribution in [0.25, 0.3) is 21.5 Å². The number of furan rings is 1. The van der Waals surface area contributed by atoms with Crippen LogP contribution in [0.5, 0.6) is 0 Å². The minimum Gasteiger partial charge on any atom is -0.459 e. The average Bonchev–Trinajstić information content (AvgIpc) is 3.58. The molecule has 0 bridgehead atoms. The number of amides is 1. The molecule has 11 nitrogen and oxygen atoms in total. The Balaban J connectivity index is 1.28. The summed E-state index contributed by atoms with van der Waals surface area (Å²) in [4.78, 5) is 31.4. The number of quaternary nitrogens is 1. The van der Waals surface area contributed by atoms with Gasteiger partial charge in [-0.2, -0.15) is 4.37 Å². The topological polar surface area (TPSA) is 163 Å². The third kappa shape index (κ3) is 5.35. The molecule has 6 rings (SSSR count). The molecule has 1 saturated carbocycles. The van der Waals surface area contributed by atoms with Crippen molar-refractivity contribution >= 4 is 60.4 Å². The lowest BCUT2D eigenvalue weighted by Crippen LogP contribution is -2.68. The van der Waals surface area contributed by atoms with E-state index in [4.69, 9.17) is 14.9 Å². The Labute approximate surface area is 232 Å². The molecule has 0 unspecified atom stereocenters. The molecule has 1 saturated heterocycles. The van der Waals surface area contributed by atoms with Crippen LogP contribution in [0.1, 0.15) is 36.2 Å². The number of hydrogen-bond acceptors (Lipinski definition) is 11. The first-order valence-corrected chi connectivity index (χ1v) is 14.6. The maximum atomic E-state index is 12.8. The largest absolute Gasteiger partial charge is 0.459 e. The minimum atomic E-state index is -0.622. The molecule has 5 heterocycles. The zero-order valence-corrected chi connectivity index (χ0v) is 22.9. The van der Waals surface area contributed by atoms with Crippen LogP contribution in [-0.2, 0) is 4.74 Å². The second kappa shape index (κ2) is 10.9. The van der Waals surface area contributed by atoms with Gasteiger partial charge < -0.3 is 36.2 Å². The summed E-state index contributed by atoms with van der Waals surface area (Å²) in [5.74, 6) is -0.622. The first kappa shape index (κ1) is 25.7. The van der Waals surface area contributed by atoms with E-state index in [0.29, 0.717) is 41.2 Å². The van der Waals surface area contributed by atoms with Crippen molar-refractivity contribution in [1.82, 2.24) is 9.36 Å². The number of hydrogen-bond donors (Lipinski definition) is 4. The number of rotatable bonds is 7. The van der Waals surface area contributed by atoms with Gasteiger partial charge in [-0.1, -0.05) is 6.42 Å². The van der Waals surface area contributed by atoms with Crippen molar-refractivity contribution in [2.24, 2.45) is 5.73 Å². The van der Waals surface area contributed by atoms with Crippen LogP contribution in [-0.4, -0.2) is 53.7 Å². The second-order valence-electron chi connectivity index (χ2n) is 9.84. The van der Waals surface area contributed by atoms with E-state index in [-0.39, 0.29) is 17.2 Å². The molecule has 2 aliphatic rings. The maximum absolute atomic E-state index is 12.8. The molecular weight excluding hydrogens is 538 g/mol. The zero-order valence-electron chi connectivity index (χ0n) is 21.3. The fraction of sp³-hybridized carbons (Fsp3) is 0.385. The van der Waals surface area contributed by atoms with Gasteiger partial charge in [-0.3, -0.25) is 9.59 Å². The van der Waals surface area contributed by atoms with E-state index in [9.17, 15) is 9.59 Å². The van der Waals surface area contributed by atoms with Crippen LogP contribution in [0.2, 0.25) is 0 Å². The number of aromatic nitrogens is 2. The number of fused-ring (bicyclic) bond motifs is 1. The quantitative estimate of drug-likeness (QED) is 0.262. The SMILES string of the molecule is NC(=O)c1ncc(N[C@H]2CCCC[C@H]2[NH3+])cc1Nc1cc(-c2coc3c(=O)cc(N4CCOCC4)sc23)ns1. The summed E-state index contributed by atoms with van der Waals surface area (Å²) in [6.45, 7) is 2.74. The summed E-state index contributed by atoms with van der Waals surface area (Å²) in [5.41, 5.74) is 12.9. The van der Waals surface area contributed by atoms with Crippen LogP contribution < -0.4 is 32.4 Å². The average molecular weight is 569 g/mol. The predicted octanol–water partition coefficient (Wildman–Crippen LogP) is 3.02. The highest BCUT2D eigenvalue weighted by Crippen LogP contribution is 2.38.